The van der Waals surface area contributed by atoms with Gasteiger partial charge >= 0.3 is 36.1 Å². The standard InChI is InChI=1S/C57H77F2N7O12.C49H63F2N5O8/c1-15-34(21-48(69)30(3)63(13)54(73)77-56(7,8)9)52(71)65-28-39(75-32(5)67)24-37(65)26-43-41-19-17-35(58)22-46(41)60-49(43)50-44(42-20-18-36(59)23-47(42)61-50)27-38-25-40(76-33(6)68)29-66(38)53(72)45(16-2)62-51(70)31(4)64(14)55(74)78-57(10,11)12;1-9-26(5)44(59)17-30(11-3)48(61)55-24-35(63-28(7)57)20-33(55)22-39-37-15-13-31(50)18-42(37)52-45(39)46-40(38-16-14-32(51)19-43(38)53-46)23-34-21-36(64-29(8)58)25-56(34)49(62)41(12-4)54-47(60)27(6)10-2/h17-20,22-23,30-31,34,37-40,45,60-61H,15-16,21,24-29H2,1-14H3,(H,62,70);13-16,18-19,26-27,30,33-36,41,52-53H,9-12,17,20-25H2,1-8H3,(H,54,60)/t30-,31-,34+,37-,38-,39-,40-,45-;26-,27-,30-,33+,34+,35+,36+,41+/m01/s1/i13D3,14D3,26D2,27D2;1D3,2D3,22D2,23D2. The lowest BCUT2D eigenvalue weighted by Crippen LogP contribution is -2.55. The molecule has 4 fully saturated rings. The number of carbonyl (C=O) groups is 14. The van der Waals surface area contributed by atoms with Gasteiger partial charge in [0, 0.05) is 199 Å². The van der Waals surface area contributed by atoms with Crippen LogP contribution < -0.4 is 10.6 Å². The number of ether oxygens (including phenoxy) is 6. The van der Waals surface area contributed by atoms with E-state index in [9.17, 15) is 68.5 Å². The molecule has 0 bridgehead atoms. The third-order valence-electron chi connectivity index (χ3n) is 25.3. The molecule has 4 saturated heterocycles. The van der Waals surface area contributed by atoms with Gasteiger partial charge in [-0.3, -0.25) is 62.4 Å². The Bertz CT molecular complexity index is 6540. The summed E-state index contributed by atoms with van der Waals surface area (Å²) in [6, 6.07) is 0.892. The van der Waals surface area contributed by atoms with E-state index in [2.05, 4.69) is 30.6 Å². The largest absolute Gasteiger partial charge is 0.461 e. The van der Waals surface area contributed by atoms with Crippen LogP contribution in [0.3, 0.4) is 0 Å². The van der Waals surface area contributed by atoms with Gasteiger partial charge in [-0.05, 0) is 214 Å². The predicted octanol–water partition coefficient (Wildman–Crippen LogP) is 15.9. The average Bonchev–Trinajstić information content (AvgIpc) is 1.55. The fraction of sp³-hybridized carbons (Fsp3) is 0.566. The second-order valence-electron chi connectivity index (χ2n) is 38.5. The number of hydrogen-bond acceptors (Lipinski definition) is 20. The van der Waals surface area contributed by atoms with Crippen LogP contribution in [0.1, 0.15) is 265 Å². The van der Waals surface area contributed by atoms with Gasteiger partial charge in [-0.15, -0.1) is 0 Å². The molecule has 8 heterocycles. The monoisotopic (exact) mass is 2000 g/mol. The minimum Gasteiger partial charge on any atom is -0.461 e. The van der Waals surface area contributed by atoms with E-state index >= 15 is 27.2 Å². The molecule has 0 spiro atoms. The number of hydrogen-bond donors (Lipinski definition) is 6. The number of halogens is 4. The average molecular weight is 2000 g/mol. The van der Waals surface area contributed by atoms with E-state index in [4.69, 9.17) is 44.9 Å². The number of rotatable bonds is 36. The normalized spacial score (nSPS) is 22.7. The third-order valence-corrected chi connectivity index (χ3v) is 25.3. The van der Waals surface area contributed by atoms with Gasteiger partial charge in [0.15, 0.2) is 5.78 Å². The number of benzene rings is 4. The van der Waals surface area contributed by atoms with E-state index in [0.717, 1.165) is 97.8 Å². The molecule has 0 aliphatic carbocycles. The van der Waals surface area contributed by atoms with E-state index in [1.807, 2.05) is 0 Å². The maximum absolute atomic E-state index is 15.4. The number of nitrogens with one attached hydrogen (secondary N) is 6. The minimum atomic E-state index is -3.21. The van der Waals surface area contributed by atoms with Crippen molar-refractivity contribution < 1.29 is 141 Å². The zero-order valence-corrected chi connectivity index (χ0v) is 82.8. The first-order valence-electron chi connectivity index (χ1n) is 57.5. The lowest BCUT2D eigenvalue weighted by atomic mass is 9.90. The van der Waals surface area contributed by atoms with E-state index in [1.165, 1.54) is 98.4 Å². The van der Waals surface area contributed by atoms with Gasteiger partial charge in [0.05, 0.1) is 55.0 Å². The Labute approximate surface area is 854 Å². The summed E-state index contributed by atoms with van der Waals surface area (Å²) in [5, 5.41) is 5.23. The maximum atomic E-state index is 15.4. The number of likely N-dealkylation sites (N-methyl/N-ethyl adjacent to an activating group) is 2. The van der Waals surface area contributed by atoms with Crippen molar-refractivity contribution in [1.82, 2.24) is 60.0 Å². The van der Waals surface area contributed by atoms with E-state index in [1.54, 1.807) is 20.8 Å². The van der Waals surface area contributed by atoms with Gasteiger partial charge in [-0.25, -0.2) is 27.2 Å². The fourth-order valence-corrected chi connectivity index (χ4v) is 17.9. The van der Waals surface area contributed by atoms with Crippen LogP contribution in [0.5, 0.6) is 0 Å². The summed E-state index contributed by atoms with van der Waals surface area (Å²) in [7, 11) is 0. The van der Waals surface area contributed by atoms with Gasteiger partial charge in [-0.2, -0.15) is 0 Å². The van der Waals surface area contributed by atoms with Crippen LogP contribution in [-0.2, 0) is 111 Å². The Morgan fingerprint density at radius 3 is 0.958 bits per heavy atom. The number of Topliss-reactive ketones (excluding diaryl/α,β-unsaturated/α-hetero) is 2. The van der Waals surface area contributed by atoms with Gasteiger partial charge in [0.1, 0.15) is 82.8 Å². The lowest BCUT2D eigenvalue weighted by molar-refractivity contribution is -0.147. The first kappa shape index (κ1) is 83.9. The van der Waals surface area contributed by atoms with Crippen LogP contribution in [0.2, 0.25) is 0 Å². The Hall–Kier alpha value is -12.7. The first-order valence-corrected chi connectivity index (χ1v) is 47.5. The SMILES string of the molecule is [2H]C([2H])([2H])C[C@@H](C)C(=O)C[C@@H](CC)C(=O)N1C[C@@H](OC(C)=O)C[C@H]1C([2H])([2H])c1c(-c2[nH]c3cc(F)ccc3c2C([2H])([2H])[C@@H]2C[C@H](OC(C)=O)CN2C(=O)[C@H](CC)NC(=O)[C@H](C)CC([2H])([2H])[2H])[nH]c2cc(F)ccc12.[2H]C([2H])(c1c(-c2[nH]c3cc(F)ccc3c2C([2H])([2H])[C@@H]2C[C@H](OC(C)=O)CN2C(=O)[C@H](CC)NC(=O)[C@H](C)N(C(=O)OC(C)(C)C)C([2H])([2H])[2H])[nH]c2cc(F)ccc12)[C@@H]1C[C@H](OC(C)=O)CN1C(=O)[C@H](CC)CC(=O)[C@H](C)N(C(=O)OC(C)(C)C)C([2H])([2H])[2H]. The van der Waals surface area contributed by atoms with E-state index in [0.29, 0.717) is 4.90 Å². The molecule has 0 unspecified atom stereocenters. The number of esters is 4. The van der Waals surface area contributed by atoms with Crippen LogP contribution >= 0.6 is 0 Å². The van der Waals surface area contributed by atoms with Crippen LogP contribution in [0.15, 0.2) is 72.8 Å². The van der Waals surface area contributed by atoms with Crippen molar-refractivity contribution in [3.8, 4) is 22.8 Å². The Morgan fingerprint density at radius 1 is 0.401 bits per heavy atom. The third kappa shape index (κ3) is 26.4. The van der Waals surface area contributed by atoms with Crippen LogP contribution in [0.4, 0.5) is 27.2 Å². The van der Waals surface area contributed by atoms with Gasteiger partial charge < -0.3 is 83.5 Å². The van der Waals surface area contributed by atoms with Crippen molar-refractivity contribution in [1.29, 1.82) is 0 Å². The lowest BCUT2D eigenvalue weighted by Gasteiger charge is -2.31. The number of nitrogens with zero attached hydrogens (tertiary/aromatic N) is 6. The van der Waals surface area contributed by atoms with Gasteiger partial charge in [-0.1, -0.05) is 55.2 Å². The fourth-order valence-electron chi connectivity index (χ4n) is 17.9. The molecule has 142 heavy (non-hydrogen) atoms. The molecule has 4 aliphatic rings. The molecule has 772 valence electrons. The second kappa shape index (κ2) is 46.6. The molecule has 0 saturated carbocycles. The topological polar surface area (TPSA) is 401 Å². The summed E-state index contributed by atoms with van der Waals surface area (Å²) in [5.41, 5.74) is -4.44. The number of aromatic nitrogens is 4. The highest BCUT2D eigenvalue weighted by Crippen LogP contribution is 2.45. The number of carbonyl (C=O) groups excluding carboxylic acids is 14. The van der Waals surface area contributed by atoms with Crippen LogP contribution in [0.25, 0.3) is 66.4 Å². The van der Waals surface area contributed by atoms with E-state index < -0.39 is 306 Å². The molecule has 4 aromatic carbocycles. The molecule has 32 nitrogen and oxygen atoms in total. The molecule has 6 N–H and O–H groups in total. The highest BCUT2D eigenvalue weighted by molar-refractivity contribution is 6.00. The quantitative estimate of drug-likeness (QED) is 0.0121. The Kier molecular flexibility index (Phi) is 27.5. The van der Waals surface area contributed by atoms with Crippen molar-refractivity contribution in [2.75, 3.05) is 40.1 Å². The second-order valence-corrected chi connectivity index (χ2v) is 38.5. The minimum absolute atomic E-state index is 0.00361. The zero-order chi connectivity index (χ0) is 122. The summed E-state index contributed by atoms with van der Waals surface area (Å²) < 4.78 is 270. The first-order chi connectivity index (χ1) is 74.6. The molecule has 4 aromatic heterocycles. The maximum Gasteiger partial charge on any atom is 0.410 e. The van der Waals surface area contributed by atoms with Crippen molar-refractivity contribution in [3.05, 3.63) is 118 Å². The molecule has 8 aromatic rings. The van der Waals surface area contributed by atoms with Crippen LogP contribution in [-0.4, -0.2) is 256 Å². The molecular weight excluding hydrogens is 1840 g/mol. The van der Waals surface area contributed by atoms with Crippen molar-refractivity contribution in [3.63, 3.8) is 0 Å². The van der Waals surface area contributed by atoms with Crippen molar-refractivity contribution >= 4 is 127 Å². The molecule has 12 rings (SSSR count). The van der Waals surface area contributed by atoms with Crippen LogP contribution in [0, 0.1) is 46.9 Å². The molecular formula is C106H140F4N12O20. The van der Waals surface area contributed by atoms with E-state index in [-0.39, 0.29) is 158 Å². The summed E-state index contributed by atoms with van der Waals surface area (Å²) in [5.74, 6) is -16.9. The van der Waals surface area contributed by atoms with Crippen molar-refractivity contribution in [2.45, 2.75) is 325 Å². The van der Waals surface area contributed by atoms with Gasteiger partial charge in [0.2, 0.25) is 35.4 Å². The highest BCUT2D eigenvalue weighted by atomic mass is 19.1. The Morgan fingerprint density at radius 2 is 0.683 bits per heavy atom. The summed E-state index contributed by atoms with van der Waals surface area (Å²) in [4.78, 5) is 208. The molecule has 36 heteroatoms. The predicted molar refractivity (Wildman–Crippen MR) is 526 cm³/mol. The number of fused-ring (bicyclic) bond motifs is 4. The summed E-state index contributed by atoms with van der Waals surface area (Å²) in [6.45, 7) is 12.0. The summed E-state index contributed by atoms with van der Waals surface area (Å²) >= 11 is 0. The molecule has 0 radical (unpaired) electrons. The number of likely N-dealkylation sites (tertiary alicyclic amines) is 4. The molecule has 4 aliphatic heterocycles. The van der Waals surface area contributed by atoms with Crippen molar-refractivity contribution in [2.24, 2.45) is 23.7 Å². The zero-order valence-electron chi connectivity index (χ0n) is 103. The number of aromatic amines is 4. The highest BCUT2D eigenvalue weighted by Gasteiger charge is 2.48. The van der Waals surface area contributed by atoms with Gasteiger partial charge in [0.25, 0.3) is 0 Å². The number of amides is 8. The Balaban J connectivity index is 0.000000309. The number of H-pyrrole nitrogens is 4. The molecule has 8 amide bonds. The summed E-state index contributed by atoms with van der Waals surface area (Å²) in [6.07, 6.45) is -21.9. The number of ketones is 2. The smallest absolute Gasteiger partial charge is 0.410 e. The molecule has 16 atom stereocenters.